The predicted octanol–water partition coefficient (Wildman–Crippen LogP) is 4.02. The third-order valence-corrected chi connectivity index (χ3v) is 3.42. The maximum absolute atomic E-state index is 12.2. The van der Waals surface area contributed by atoms with Gasteiger partial charge in [-0.1, -0.05) is 34.1 Å². The van der Waals surface area contributed by atoms with Crippen LogP contribution in [0, 0.1) is 13.8 Å². The Labute approximate surface area is 120 Å². The summed E-state index contributed by atoms with van der Waals surface area (Å²) in [7, 11) is 0. The fraction of sp³-hybridized carbons (Fsp3) is 0.133. The maximum Gasteiger partial charge on any atom is 0.259 e. The van der Waals surface area contributed by atoms with E-state index < -0.39 is 0 Å². The molecule has 0 aliphatic carbocycles. The molecule has 3 nitrogen and oxygen atoms in total. The van der Waals surface area contributed by atoms with Gasteiger partial charge in [0.05, 0.1) is 5.56 Å². The van der Waals surface area contributed by atoms with Gasteiger partial charge >= 0.3 is 0 Å². The molecule has 4 heteroatoms. The van der Waals surface area contributed by atoms with Gasteiger partial charge in [0.2, 0.25) is 0 Å². The highest BCUT2D eigenvalue weighted by molar-refractivity contribution is 9.10. The molecular formula is C15H14BrNO2. The first-order chi connectivity index (χ1) is 8.99. The molecule has 2 aromatic rings. The quantitative estimate of drug-likeness (QED) is 0.878. The molecule has 2 N–H and O–H groups in total. The summed E-state index contributed by atoms with van der Waals surface area (Å²) < 4.78 is 0.891. The number of halogens is 1. The normalized spacial score (nSPS) is 10.3. The Bertz CT molecular complexity index is 638. The summed E-state index contributed by atoms with van der Waals surface area (Å²) >= 11 is 3.37. The van der Waals surface area contributed by atoms with Gasteiger partial charge in [0.1, 0.15) is 5.75 Å². The van der Waals surface area contributed by atoms with Crippen LogP contribution in [0.1, 0.15) is 21.5 Å². The lowest BCUT2D eigenvalue weighted by atomic mass is 10.1. The number of anilines is 1. The molecule has 0 saturated carbocycles. The van der Waals surface area contributed by atoms with E-state index in [0.29, 0.717) is 5.56 Å². The van der Waals surface area contributed by atoms with Crippen molar-refractivity contribution in [2.75, 3.05) is 5.32 Å². The zero-order valence-corrected chi connectivity index (χ0v) is 12.3. The zero-order chi connectivity index (χ0) is 14.0. The lowest BCUT2D eigenvalue weighted by Gasteiger charge is -2.10. The van der Waals surface area contributed by atoms with E-state index in [4.69, 9.17) is 0 Å². The Morgan fingerprint density at radius 1 is 1.16 bits per heavy atom. The highest BCUT2D eigenvalue weighted by Gasteiger charge is 2.13. The van der Waals surface area contributed by atoms with Crippen LogP contribution in [0.2, 0.25) is 0 Å². The largest absolute Gasteiger partial charge is 0.507 e. The first-order valence-corrected chi connectivity index (χ1v) is 6.64. The third-order valence-electron chi connectivity index (χ3n) is 2.93. The molecule has 0 bridgehead atoms. The number of hydrogen-bond acceptors (Lipinski definition) is 2. The van der Waals surface area contributed by atoms with Crippen LogP contribution in [0.5, 0.6) is 5.75 Å². The van der Waals surface area contributed by atoms with Crippen LogP contribution in [0.25, 0.3) is 0 Å². The van der Waals surface area contributed by atoms with Crippen LogP contribution in [0.4, 0.5) is 5.69 Å². The summed E-state index contributed by atoms with van der Waals surface area (Å²) in [5.41, 5.74) is 2.64. The molecular weight excluding hydrogens is 306 g/mol. The first-order valence-electron chi connectivity index (χ1n) is 5.85. The number of aromatic hydroxyl groups is 1. The third kappa shape index (κ3) is 2.96. The molecule has 98 valence electrons. The zero-order valence-electron chi connectivity index (χ0n) is 10.7. The van der Waals surface area contributed by atoms with E-state index in [2.05, 4.69) is 21.2 Å². The minimum Gasteiger partial charge on any atom is -0.507 e. The van der Waals surface area contributed by atoms with Gasteiger partial charge in [0.25, 0.3) is 5.91 Å². The number of phenols is 1. The molecule has 0 unspecified atom stereocenters. The Morgan fingerprint density at radius 2 is 1.89 bits per heavy atom. The van der Waals surface area contributed by atoms with Crippen molar-refractivity contribution in [3.05, 3.63) is 57.6 Å². The molecule has 2 rings (SSSR count). The lowest BCUT2D eigenvalue weighted by molar-refractivity contribution is 0.102. The highest BCUT2D eigenvalue weighted by atomic mass is 79.9. The second-order valence-electron chi connectivity index (χ2n) is 4.38. The van der Waals surface area contributed by atoms with Crippen molar-refractivity contribution in [2.45, 2.75) is 13.8 Å². The fourth-order valence-corrected chi connectivity index (χ4v) is 2.12. The summed E-state index contributed by atoms with van der Waals surface area (Å²) in [5, 5.41) is 12.7. The Morgan fingerprint density at radius 3 is 2.63 bits per heavy atom. The summed E-state index contributed by atoms with van der Waals surface area (Å²) in [6, 6.07) is 10.8. The minimum absolute atomic E-state index is 0.0210. The van der Waals surface area contributed by atoms with Gasteiger partial charge in [-0.25, -0.2) is 0 Å². The topological polar surface area (TPSA) is 49.3 Å². The number of carbonyl (C=O) groups is 1. The predicted molar refractivity (Wildman–Crippen MR) is 79.7 cm³/mol. The van der Waals surface area contributed by atoms with E-state index in [-0.39, 0.29) is 17.2 Å². The van der Waals surface area contributed by atoms with E-state index in [1.165, 1.54) is 0 Å². The standard InChI is InChI=1S/C15H14BrNO2/c1-9-6-7-11(16)8-13(9)17-15(19)12-5-3-4-10(2)14(12)18/h3-8,18H,1-2H3,(H,17,19). The number of aryl methyl sites for hydroxylation is 2. The fourth-order valence-electron chi connectivity index (χ4n) is 1.76. The van der Waals surface area contributed by atoms with E-state index in [0.717, 1.165) is 15.7 Å². The molecule has 19 heavy (non-hydrogen) atoms. The van der Waals surface area contributed by atoms with Crippen molar-refractivity contribution in [1.82, 2.24) is 0 Å². The highest BCUT2D eigenvalue weighted by Crippen LogP contribution is 2.25. The van der Waals surface area contributed by atoms with Gasteiger partial charge in [-0.2, -0.15) is 0 Å². The number of para-hydroxylation sites is 1. The van der Waals surface area contributed by atoms with Crippen molar-refractivity contribution in [3.63, 3.8) is 0 Å². The summed E-state index contributed by atoms with van der Waals surface area (Å²) in [4.78, 5) is 12.2. The number of carbonyl (C=O) groups excluding carboxylic acids is 1. The molecule has 0 aliphatic rings. The molecule has 2 aromatic carbocycles. The van der Waals surface area contributed by atoms with Crippen LogP contribution in [-0.2, 0) is 0 Å². The van der Waals surface area contributed by atoms with E-state index in [9.17, 15) is 9.90 Å². The van der Waals surface area contributed by atoms with Crippen molar-refractivity contribution >= 4 is 27.5 Å². The molecule has 0 saturated heterocycles. The van der Waals surface area contributed by atoms with Gasteiger partial charge in [0.15, 0.2) is 0 Å². The molecule has 0 radical (unpaired) electrons. The molecule has 0 fully saturated rings. The molecule has 0 aliphatic heterocycles. The van der Waals surface area contributed by atoms with Gasteiger partial charge in [0, 0.05) is 10.2 Å². The number of hydrogen-bond donors (Lipinski definition) is 2. The average Bonchev–Trinajstić information content (AvgIpc) is 2.37. The van der Waals surface area contributed by atoms with E-state index >= 15 is 0 Å². The van der Waals surface area contributed by atoms with Gasteiger partial charge in [-0.05, 0) is 43.2 Å². The van der Waals surface area contributed by atoms with Crippen molar-refractivity contribution < 1.29 is 9.90 Å². The number of phenolic OH excluding ortho intramolecular Hbond substituents is 1. The second kappa shape index (κ2) is 5.45. The molecule has 1 amide bonds. The number of nitrogens with one attached hydrogen (secondary N) is 1. The monoisotopic (exact) mass is 319 g/mol. The minimum atomic E-state index is -0.317. The average molecular weight is 320 g/mol. The second-order valence-corrected chi connectivity index (χ2v) is 5.30. The lowest BCUT2D eigenvalue weighted by Crippen LogP contribution is -2.13. The van der Waals surface area contributed by atoms with E-state index in [1.807, 2.05) is 25.1 Å². The van der Waals surface area contributed by atoms with Crippen LogP contribution in [0.3, 0.4) is 0 Å². The molecule has 0 heterocycles. The first kappa shape index (κ1) is 13.6. The molecule has 0 aromatic heterocycles. The maximum atomic E-state index is 12.2. The number of benzene rings is 2. The summed E-state index contributed by atoms with van der Waals surface area (Å²) in [6.45, 7) is 3.68. The SMILES string of the molecule is Cc1ccc(Br)cc1NC(=O)c1cccc(C)c1O. The van der Waals surface area contributed by atoms with Crippen LogP contribution in [-0.4, -0.2) is 11.0 Å². The van der Waals surface area contributed by atoms with Gasteiger partial charge in [-0.15, -0.1) is 0 Å². The van der Waals surface area contributed by atoms with Gasteiger partial charge in [-0.3, -0.25) is 4.79 Å². The Hall–Kier alpha value is -1.81. The number of amides is 1. The van der Waals surface area contributed by atoms with Gasteiger partial charge < -0.3 is 10.4 Å². The van der Waals surface area contributed by atoms with Crippen molar-refractivity contribution in [3.8, 4) is 5.75 Å². The molecule has 0 atom stereocenters. The Balaban J connectivity index is 2.31. The summed E-state index contributed by atoms with van der Waals surface area (Å²) in [6.07, 6.45) is 0. The Kier molecular flexibility index (Phi) is 3.90. The molecule has 0 spiro atoms. The van der Waals surface area contributed by atoms with Crippen molar-refractivity contribution in [2.24, 2.45) is 0 Å². The van der Waals surface area contributed by atoms with Crippen LogP contribution >= 0.6 is 15.9 Å². The van der Waals surface area contributed by atoms with Crippen molar-refractivity contribution in [1.29, 1.82) is 0 Å². The van der Waals surface area contributed by atoms with Crippen LogP contribution in [0.15, 0.2) is 40.9 Å². The van der Waals surface area contributed by atoms with E-state index in [1.54, 1.807) is 25.1 Å². The van der Waals surface area contributed by atoms with Crippen LogP contribution < -0.4 is 5.32 Å². The number of rotatable bonds is 2. The smallest absolute Gasteiger partial charge is 0.259 e. The summed E-state index contributed by atoms with van der Waals surface area (Å²) in [5.74, 6) is -0.296.